The summed E-state index contributed by atoms with van der Waals surface area (Å²) in [5, 5.41) is 1.97. The molecule has 2 atom stereocenters. The van der Waals surface area contributed by atoms with Crippen molar-refractivity contribution in [2.75, 3.05) is 13.1 Å². The first-order chi connectivity index (χ1) is 9.66. The molecule has 1 aliphatic heterocycles. The van der Waals surface area contributed by atoms with Gasteiger partial charge in [-0.25, -0.2) is 0 Å². The van der Waals surface area contributed by atoms with Crippen LogP contribution in [0.1, 0.15) is 23.8 Å². The summed E-state index contributed by atoms with van der Waals surface area (Å²) in [4.78, 5) is 18.9. The van der Waals surface area contributed by atoms with Crippen molar-refractivity contribution in [1.29, 1.82) is 0 Å². The number of aromatic nitrogens is 1. The van der Waals surface area contributed by atoms with Gasteiger partial charge < -0.3 is 10.6 Å². The SMILES string of the molecule is CC1CN(C(=O)c2nccc3ccccc23)CCC1N. The lowest BCUT2D eigenvalue weighted by Crippen LogP contribution is -2.48. The van der Waals surface area contributed by atoms with Gasteiger partial charge in [0.15, 0.2) is 0 Å². The molecule has 1 aliphatic rings. The highest BCUT2D eigenvalue weighted by Crippen LogP contribution is 2.21. The highest BCUT2D eigenvalue weighted by molar-refractivity contribution is 6.05. The van der Waals surface area contributed by atoms with Crippen molar-refractivity contribution in [2.45, 2.75) is 19.4 Å². The summed E-state index contributed by atoms with van der Waals surface area (Å²) in [6.45, 7) is 3.53. The van der Waals surface area contributed by atoms with Gasteiger partial charge in [-0.3, -0.25) is 9.78 Å². The fraction of sp³-hybridized carbons (Fsp3) is 0.375. The molecule has 0 aliphatic carbocycles. The van der Waals surface area contributed by atoms with Crippen molar-refractivity contribution in [1.82, 2.24) is 9.88 Å². The van der Waals surface area contributed by atoms with E-state index in [0.717, 1.165) is 23.7 Å². The number of rotatable bonds is 1. The smallest absolute Gasteiger partial charge is 0.273 e. The molecule has 20 heavy (non-hydrogen) atoms. The lowest BCUT2D eigenvalue weighted by molar-refractivity contribution is 0.0660. The average Bonchev–Trinajstić information content (AvgIpc) is 2.49. The molecule has 1 fully saturated rings. The molecule has 0 saturated carbocycles. The van der Waals surface area contributed by atoms with Gasteiger partial charge in [-0.2, -0.15) is 0 Å². The maximum absolute atomic E-state index is 12.7. The number of carbonyl (C=O) groups is 1. The first-order valence-corrected chi connectivity index (χ1v) is 7.05. The van der Waals surface area contributed by atoms with Crippen molar-refractivity contribution < 1.29 is 4.79 Å². The number of piperidine rings is 1. The Labute approximate surface area is 118 Å². The van der Waals surface area contributed by atoms with E-state index in [1.54, 1.807) is 6.20 Å². The minimum Gasteiger partial charge on any atom is -0.337 e. The van der Waals surface area contributed by atoms with E-state index in [0.29, 0.717) is 18.2 Å². The van der Waals surface area contributed by atoms with Gasteiger partial charge in [-0.05, 0) is 23.8 Å². The molecule has 1 aromatic heterocycles. The molecule has 104 valence electrons. The highest BCUT2D eigenvalue weighted by Gasteiger charge is 2.28. The van der Waals surface area contributed by atoms with E-state index < -0.39 is 0 Å². The summed E-state index contributed by atoms with van der Waals surface area (Å²) in [6, 6.07) is 9.99. The second kappa shape index (κ2) is 5.21. The van der Waals surface area contributed by atoms with Crippen LogP contribution in [0, 0.1) is 5.92 Å². The van der Waals surface area contributed by atoms with E-state index in [4.69, 9.17) is 5.73 Å². The van der Waals surface area contributed by atoms with E-state index >= 15 is 0 Å². The zero-order chi connectivity index (χ0) is 14.1. The Morgan fingerprint density at radius 2 is 2.15 bits per heavy atom. The molecule has 2 aromatic rings. The van der Waals surface area contributed by atoms with Crippen LogP contribution in [0.3, 0.4) is 0 Å². The number of pyridine rings is 1. The second-order valence-electron chi connectivity index (χ2n) is 5.56. The summed E-state index contributed by atoms with van der Waals surface area (Å²) >= 11 is 0. The van der Waals surface area contributed by atoms with Crippen LogP contribution in [0.2, 0.25) is 0 Å². The Morgan fingerprint density at radius 3 is 2.95 bits per heavy atom. The normalized spacial score (nSPS) is 23.0. The standard InChI is InChI=1S/C16H19N3O/c1-11-10-19(9-7-14(11)17)16(20)15-13-5-3-2-4-12(13)6-8-18-15/h2-6,8,11,14H,7,9-10,17H2,1H3. The number of benzene rings is 1. The summed E-state index contributed by atoms with van der Waals surface area (Å²) in [7, 11) is 0. The third-order valence-electron chi connectivity index (χ3n) is 4.14. The van der Waals surface area contributed by atoms with Gasteiger partial charge >= 0.3 is 0 Å². The Kier molecular flexibility index (Phi) is 3.40. The van der Waals surface area contributed by atoms with E-state index in [2.05, 4.69) is 11.9 Å². The molecule has 1 amide bonds. The quantitative estimate of drug-likeness (QED) is 0.862. The van der Waals surface area contributed by atoms with Gasteiger partial charge in [0, 0.05) is 30.7 Å². The van der Waals surface area contributed by atoms with E-state index in [1.165, 1.54) is 0 Å². The topological polar surface area (TPSA) is 59.2 Å². The van der Waals surface area contributed by atoms with Crippen LogP contribution in [0.4, 0.5) is 0 Å². The number of carbonyl (C=O) groups excluding carboxylic acids is 1. The van der Waals surface area contributed by atoms with E-state index in [9.17, 15) is 4.79 Å². The van der Waals surface area contributed by atoms with E-state index in [1.807, 2.05) is 35.2 Å². The van der Waals surface area contributed by atoms with Crippen LogP contribution < -0.4 is 5.73 Å². The lowest BCUT2D eigenvalue weighted by atomic mass is 9.94. The van der Waals surface area contributed by atoms with Crippen molar-refractivity contribution in [3.63, 3.8) is 0 Å². The minimum atomic E-state index is 0.0144. The Morgan fingerprint density at radius 1 is 1.35 bits per heavy atom. The number of fused-ring (bicyclic) bond motifs is 1. The highest BCUT2D eigenvalue weighted by atomic mass is 16.2. The van der Waals surface area contributed by atoms with Gasteiger partial charge in [0.2, 0.25) is 0 Å². The van der Waals surface area contributed by atoms with Crippen LogP contribution in [0.5, 0.6) is 0 Å². The number of hydrogen-bond donors (Lipinski definition) is 1. The summed E-state index contributed by atoms with van der Waals surface area (Å²) in [5.41, 5.74) is 6.56. The molecular weight excluding hydrogens is 250 g/mol. The molecule has 0 radical (unpaired) electrons. The first kappa shape index (κ1) is 13.1. The largest absolute Gasteiger partial charge is 0.337 e. The maximum atomic E-state index is 12.7. The Hall–Kier alpha value is -1.94. The van der Waals surface area contributed by atoms with Crippen LogP contribution in [0.15, 0.2) is 36.5 Å². The Balaban J connectivity index is 1.93. The number of hydrogen-bond acceptors (Lipinski definition) is 3. The molecule has 4 nitrogen and oxygen atoms in total. The fourth-order valence-corrected chi connectivity index (χ4v) is 2.79. The Bertz CT molecular complexity index is 635. The zero-order valence-corrected chi connectivity index (χ0v) is 11.6. The summed E-state index contributed by atoms with van der Waals surface area (Å²) in [6.07, 6.45) is 2.56. The molecule has 0 bridgehead atoms. The van der Waals surface area contributed by atoms with Gasteiger partial charge in [0.05, 0.1) is 0 Å². The van der Waals surface area contributed by atoms with Gasteiger partial charge in [-0.1, -0.05) is 31.2 Å². The van der Waals surface area contributed by atoms with Gasteiger partial charge in [0.1, 0.15) is 5.69 Å². The third-order valence-corrected chi connectivity index (χ3v) is 4.14. The van der Waals surface area contributed by atoms with Crippen molar-refractivity contribution >= 4 is 16.7 Å². The van der Waals surface area contributed by atoms with Gasteiger partial charge in [0.25, 0.3) is 5.91 Å². The number of nitrogens with two attached hydrogens (primary N) is 1. The first-order valence-electron chi connectivity index (χ1n) is 7.05. The van der Waals surface area contributed by atoms with Crippen LogP contribution in [-0.2, 0) is 0 Å². The lowest BCUT2D eigenvalue weighted by Gasteiger charge is -2.35. The molecule has 4 heteroatoms. The average molecular weight is 269 g/mol. The summed E-state index contributed by atoms with van der Waals surface area (Å²) in [5.74, 6) is 0.350. The molecule has 2 N–H and O–H groups in total. The molecule has 3 rings (SSSR count). The third kappa shape index (κ3) is 2.27. The monoisotopic (exact) mass is 269 g/mol. The second-order valence-corrected chi connectivity index (χ2v) is 5.56. The molecule has 1 saturated heterocycles. The maximum Gasteiger partial charge on any atom is 0.273 e. The predicted molar refractivity (Wildman–Crippen MR) is 79.4 cm³/mol. The minimum absolute atomic E-state index is 0.0144. The predicted octanol–water partition coefficient (Wildman–Crippen LogP) is 2.04. The molecule has 0 spiro atoms. The number of amides is 1. The van der Waals surface area contributed by atoms with Crippen LogP contribution in [-0.4, -0.2) is 34.9 Å². The zero-order valence-electron chi connectivity index (χ0n) is 11.6. The van der Waals surface area contributed by atoms with Crippen molar-refractivity contribution in [3.05, 3.63) is 42.2 Å². The van der Waals surface area contributed by atoms with Crippen LogP contribution >= 0.6 is 0 Å². The number of nitrogens with zero attached hydrogens (tertiary/aromatic N) is 2. The van der Waals surface area contributed by atoms with Crippen molar-refractivity contribution in [3.8, 4) is 0 Å². The summed E-state index contributed by atoms with van der Waals surface area (Å²) < 4.78 is 0. The van der Waals surface area contributed by atoms with Crippen LogP contribution in [0.25, 0.3) is 10.8 Å². The molecule has 2 heterocycles. The number of likely N-dealkylation sites (tertiary alicyclic amines) is 1. The van der Waals surface area contributed by atoms with Gasteiger partial charge in [-0.15, -0.1) is 0 Å². The molecule has 2 unspecified atom stereocenters. The molecular formula is C16H19N3O. The van der Waals surface area contributed by atoms with Crippen molar-refractivity contribution in [2.24, 2.45) is 11.7 Å². The fourth-order valence-electron chi connectivity index (χ4n) is 2.79. The van der Waals surface area contributed by atoms with E-state index in [-0.39, 0.29) is 11.9 Å². The molecule has 1 aromatic carbocycles.